The Labute approximate surface area is 109 Å². The second-order valence-corrected chi connectivity index (χ2v) is 4.32. The van der Waals surface area contributed by atoms with Gasteiger partial charge in [-0.2, -0.15) is 0 Å². The predicted octanol–water partition coefficient (Wildman–Crippen LogP) is 4.51. The molecule has 1 aromatic carbocycles. The first-order valence-electron chi connectivity index (χ1n) is 5.96. The highest BCUT2D eigenvalue weighted by Crippen LogP contribution is 2.26. The van der Waals surface area contributed by atoms with E-state index in [0.29, 0.717) is 0 Å². The van der Waals surface area contributed by atoms with E-state index < -0.39 is 0 Å². The van der Waals surface area contributed by atoms with Crippen molar-refractivity contribution < 1.29 is 4.74 Å². The van der Waals surface area contributed by atoms with Crippen LogP contribution < -0.4 is 10.1 Å². The molecular weight excluding hydrogens is 234 g/mol. The summed E-state index contributed by atoms with van der Waals surface area (Å²) in [5, 5.41) is 4.06. The molecule has 17 heavy (non-hydrogen) atoms. The van der Waals surface area contributed by atoms with E-state index in [4.69, 9.17) is 16.3 Å². The molecule has 0 aromatic heterocycles. The maximum absolute atomic E-state index is 6.08. The van der Waals surface area contributed by atoms with Gasteiger partial charge in [-0.05, 0) is 31.4 Å². The van der Waals surface area contributed by atoms with Crippen molar-refractivity contribution in [3.05, 3.63) is 35.9 Å². The van der Waals surface area contributed by atoms with E-state index >= 15 is 0 Å². The zero-order valence-corrected chi connectivity index (χ0v) is 11.1. The fourth-order valence-electron chi connectivity index (χ4n) is 1.58. The lowest BCUT2D eigenvalue weighted by molar-refractivity contribution is 0.415. The van der Waals surface area contributed by atoms with Gasteiger partial charge in [-0.15, -0.1) is 6.58 Å². The van der Waals surface area contributed by atoms with Crippen LogP contribution in [0.4, 0.5) is 5.69 Å². The monoisotopic (exact) mass is 253 g/mol. The number of allylic oxidation sites excluding steroid dienone is 1. The van der Waals surface area contributed by atoms with Gasteiger partial charge in [0.1, 0.15) is 5.75 Å². The molecule has 0 saturated heterocycles. The highest BCUT2D eigenvalue weighted by atomic mass is 35.5. The third-order valence-corrected chi connectivity index (χ3v) is 2.90. The van der Waals surface area contributed by atoms with Crippen LogP contribution in [-0.4, -0.2) is 13.7 Å². The SMILES string of the molecule is C=CCCCCCNc1cc(OC)ccc1Cl. The van der Waals surface area contributed by atoms with Gasteiger partial charge in [0.25, 0.3) is 0 Å². The molecule has 0 heterocycles. The van der Waals surface area contributed by atoms with Gasteiger partial charge in [-0.25, -0.2) is 0 Å². The number of hydrogen-bond donors (Lipinski definition) is 1. The minimum Gasteiger partial charge on any atom is -0.497 e. The fraction of sp³-hybridized carbons (Fsp3) is 0.429. The number of hydrogen-bond acceptors (Lipinski definition) is 2. The Bertz CT molecular complexity index is 352. The third-order valence-electron chi connectivity index (χ3n) is 2.57. The Morgan fingerprint density at radius 2 is 2.18 bits per heavy atom. The largest absolute Gasteiger partial charge is 0.497 e. The molecule has 94 valence electrons. The lowest BCUT2D eigenvalue weighted by Gasteiger charge is -2.09. The van der Waals surface area contributed by atoms with Crippen molar-refractivity contribution in [2.45, 2.75) is 25.7 Å². The first-order chi connectivity index (χ1) is 8.27. The van der Waals surface area contributed by atoms with Gasteiger partial charge < -0.3 is 10.1 Å². The van der Waals surface area contributed by atoms with Gasteiger partial charge in [0.15, 0.2) is 0 Å². The van der Waals surface area contributed by atoms with Crippen LogP contribution in [0.1, 0.15) is 25.7 Å². The summed E-state index contributed by atoms with van der Waals surface area (Å²) >= 11 is 6.08. The summed E-state index contributed by atoms with van der Waals surface area (Å²) < 4.78 is 5.16. The summed E-state index contributed by atoms with van der Waals surface area (Å²) in [4.78, 5) is 0. The smallest absolute Gasteiger partial charge is 0.121 e. The van der Waals surface area contributed by atoms with E-state index in [-0.39, 0.29) is 0 Å². The van der Waals surface area contributed by atoms with Crippen molar-refractivity contribution >= 4 is 17.3 Å². The number of unbranched alkanes of at least 4 members (excludes halogenated alkanes) is 3. The second-order valence-electron chi connectivity index (χ2n) is 3.91. The Kier molecular flexibility index (Phi) is 6.56. The highest BCUT2D eigenvalue weighted by Gasteiger charge is 2.01. The summed E-state index contributed by atoms with van der Waals surface area (Å²) in [5.41, 5.74) is 0.940. The Morgan fingerprint density at radius 3 is 2.88 bits per heavy atom. The second kappa shape index (κ2) is 8.02. The molecule has 1 N–H and O–H groups in total. The van der Waals surface area contributed by atoms with E-state index in [1.165, 1.54) is 12.8 Å². The molecule has 0 atom stereocenters. The standard InChI is InChI=1S/C14H20ClNO/c1-3-4-5-6-7-10-16-14-11-12(17-2)8-9-13(14)15/h3,8-9,11,16H,1,4-7,10H2,2H3. The fourth-order valence-corrected chi connectivity index (χ4v) is 1.76. The van der Waals surface area contributed by atoms with Crippen molar-refractivity contribution in [1.82, 2.24) is 0 Å². The maximum atomic E-state index is 6.08. The van der Waals surface area contributed by atoms with Crippen LogP contribution in [0.3, 0.4) is 0 Å². The number of halogens is 1. The molecule has 0 aliphatic carbocycles. The van der Waals surface area contributed by atoms with Gasteiger partial charge in [0.2, 0.25) is 0 Å². The van der Waals surface area contributed by atoms with Gasteiger partial charge in [0.05, 0.1) is 17.8 Å². The van der Waals surface area contributed by atoms with Crippen molar-refractivity contribution in [3.63, 3.8) is 0 Å². The van der Waals surface area contributed by atoms with Crippen molar-refractivity contribution in [2.24, 2.45) is 0 Å². The Balaban J connectivity index is 2.32. The molecule has 1 rings (SSSR count). The summed E-state index contributed by atoms with van der Waals surface area (Å²) in [6, 6.07) is 5.63. The third kappa shape index (κ3) is 5.14. The summed E-state index contributed by atoms with van der Waals surface area (Å²) in [7, 11) is 1.66. The van der Waals surface area contributed by atoms with E-state index in [0.717, 1.165) is 35.8 Å². The van der Waals surface area contributed by atoms with Gasteiger partial charge in [-0.1, -0.05) is 24.1 Å². The predicted molar refractivity (Wildman–Crippen MR) is 75.2 cm³/mol. The van der Waals surface area contributed by atoms with Gasteiger partial charge in [0, 0.05) is 12.6 Å². The molecule has 0 unspecified atom stereocenters. The van der Waals surface area contributed by atoms with Crippen molar-refractivity contribution in [2.75, 3.05) is 19.0 Å². The number of methoxy groups -OCH3 is 1. The van der Waals surface area contributed by atoms with Crippen LogP contribution in [-0.2, 0) is 0 Å². The maximum Gasteiger partial charge on any atom is 0.121 e. The molecule has 0 bridgehead atoms. The Hall–Kier alpha value is -1.15. The normalized spacial score (nSPS) is 10.0. The minimum absolute atomic E-state index is 0.733. The minimum atomic E-state index is 0.733. The number of nitrogens with one attached hydrogen (secondary N) is 1. The molecule has 0 saturated carbocycles. The van der Waals surface area contributed by atoms with Crippen molar-refractivity contribution in [1.29, 1.82) is 0 Å². The zero-order valence-electron chi connectivity index (χ0n) is 10.3. The number of ether oxygens (including phenoxy) is 1. The molecule has 0 radical (unpaired) electrons. The molecule has 0 aliphatic rings. The number of benzene rings is 1. The van der Waals surface area contributed by atoms with Crippen LogP contribution >= 0.6 is 11.6 Å². The molecular formula is C14H20ClNO. The molecule has 1 aromatic rings. The molecule has 0 aliphatic heterocycles. The van der Waals surface area contributed by atoms with Crippen LogP contribution in [0, 0.1) is 0 Å². The number of rotatable bonds is 8. The van der Waals surface area contributed by atoms with E-state index in [2.05, 4.69) is 11.9 Å². The summed E-state index contributed by atoms with van der Waals surface area (Å²) in [5.74, 6) is 0.823. The lowest BCUT2D eigenvalue weighted by Crippen LogP contribution is -2.02. The van der Waals surface area contributed by atoms with E-state index in [1.807, 2.05) is 24.3 Å². The first-order valence-corrected chi connectivity index (χ1v) is 6.34. The average molecular weight is 254 g/mol. The molecule has 3 heteroatoms. The van der Waals surface area contributed by atoms with Crippen LogP contribution in [0.5, 0.6) is 5.75 Å². The lowest BCUT2D eigenvalue weighted by atomic mass is 10.2. The quantitative estimate of drug-likeness (QED) is 0.544. The zero-order chi connectivity index (χ0) is 12.5. The van der Waals surface area contributed by atoms with Crippen molar-refractivity contribution in [3.8, 4) is 5.75 Å². The average Bonchev–Trinajstić information content (AvgIpc) is 2.35. The number of anilines is 1. The Morgan fingerprint density at radius 1 is 1.35 bits per heavy atom. The highest BCUT2D eigenvalue weighted by molar-refractivity contribution is 6.33. The molecule has 0 spiro atoms. The first kappa shape index (κ1) is 13.9. The van der Waals surface area contributed by atoms with Gasteiger partial charge >= 0.3 is 0 Å². The van der Waals surface area contributed by atoms with E-state index in [1.54, 1.807) is 7.11 Å². The van der Waals surface area contributed by atoms with Crippen LogP contribution in [0.15, 0.2) is 30.9 Å². The summed E-state index contributed by atoms with van der Waals surface area (Å²) in [6.45, 7) is 4.64. The molecule has 0 fully saturated rings. The summed E-state index contributed by atoms with van der Waals surface area (Å²) in [6.07, 6.45) is 6.62. The van der Waals surface area contributed by atoms with Crippen LogP contribution in [0.25, 0.3) is 0 Å². The van der Waals surface area contributed by atoms with Gasteiger partial charge in [-0.3, -0.25) is 0 Å². The van der Waals surface area contributed by atoms with E-state index in [9.17, 15) is 0 Å². The topological polar surface area (TPSA) is 21.3 Å². The molecule has 0 amide bonds. The molecule has 2 nitrogen and oxygen atoms in total. The van der Waals surface area contributed by atoms with Crippen LogP contribution in [0.2, 0.25) is 5.02 Å².